The van der Waals surface area contributed by atoms with Gasteiger partial charge in [-0.1, -0.05) is 12.1 Å². The van der Waals surface area contributed by atoms with Crippen LogP contribution in [0.25, 0.3) is 10.9 Å². The molecular formula is C17H16N2O. The molecule has 3 rings (SSSR count). The molecule has 3 nitrogen and oxygen atoms in total. The lowest BCUT2D eigenvalue weighted by Crippen LogP contribution is -2.02. The van der Waals surface area contributed by atoms with Gasteiger partial charge in [0.15, 0.2) is 0 Å². The molecular weight excluding hydrogens is 248 g/mol. The minimum atomic E-state index is -0.658. The number of aromatic nitrogens is 2. The van der Waals surface area contributed by atoms with Gasteiger partial charge in [0.05, 0.1) is 5.52 Å². The largest absolute Gasteiger partial charge is 0.384 e. The van der Waals surface area contributed by atoms with Gasteiger partial charge >= 0.3 is 0 Å². The number of benzene rings is 1. The zero-order chi connectivity index (χ0) is 14.1. The van der Waals surface area contributed by atoms with Crippen molar-refractivity contribution in [2.45, 2.75) is 20.0 Å². The molecule has 0 saturated carbocycles. The third kappa shape index (κ3) is 2.28. The molecule has 0 spiro atoms. The lowest BCUT2D eigenvalue weighted by Gasteiger charge is -2.14. The smallest absolute Gasteiger partial charge is 0.106 e. The molecule has 0 bridgehead atoms. The van der Waals surface area contributed by atoms with Gasteiger partial charge in [-0.3, -0.25) is 9.97 Å². The number of pyridine rings is 2. The molecule has 0 aliphatic rings. The van der Waals surface area contributed by atoms with Gasteiger partial charge in [-0.05, 0) is 49.2 Å². The van der Waals surface area contributed by atoms with Crippen molar-refractivity contribution < 1.29 is 5.11 Å². The van der Waals surface area contributed by atoms with E-state index in [0.717, 1.165) is 33.3 Å². The summed E-state index contributed by atoms with van der Waals surface area (Å²) in [4.78, 5) is 8.57. The minimum absolute atomic E-state index is 0.658. The first-order chi connectivity index (χ1) is 9.65. The third-order valence-corrected chi connectivity index (χ3v) is 3.54. The fraction of sp³-hybridized carbons (Fsp3) is 0.176. The summed E-state index contributed by atoms with van der Waals surface area (Å²) < 4.78 is 0. The van der Waals surface area contributed by atoms with Gasteiger partial charge in [0.25, 0.3) is 0 Å². The fourth-order valence-corrected chi connectivity index (χ4v) is 2.36. The summed E-state index contributed by atoms with van der Waals surface area (Å²) >= 11 is 0. The van der Waals surface area contributed by atoms with Gasteiger partial charge in [0, 0.05) is 29.0 Å². The number of hydrogen-bond acceptors (Lipinski definition) is 3. The van der Waals surface area contributed by atoms with E-state index in [1.807, 2.05) is 50.2 Å². The van der Waals surface area contributed by atoms with Crippen molar-refractivity contribution in [1.29, 1.82) is 0 Å². The van der Waals surface area contributed by atoms with Crippen LogP contribution in [0.3, 0.4) is 0 Å². The van der Waals surface area contributed by atoms with Crippen LogP contribution in [0.1, 0.15) is 28.5 Å². The van der Waals surface area contributed by atoms with Crippen LogP contribution in [-0.4, -0.2) is 15.1 Å². The maximum Gasteiger partial charge on any atom is 0.106 e. The fourth-order valence-electron chi connectivity index (χ4n) is 2.36. The Morgan fingerprint density at radius 1 is 1.05 bits per heavy atom. The van der Waals surface area contributed by atoms with Crippen molar-refractivity contribution in [3.63, 3.8) is 0 Å². The number of nitrogens with zero attached hydrogens (tertiary/aromatic N) is 2. The lowest BCUT2D eigenvalue weighted by molar-refractivity contribution is 0.219. The summed E-state index contributed by atoms with van der Waals surface area (Å²) in [5.74, 6) is 0. The van der Waals surface area contributed by atoms with Crippen molar-refractivity contribution >= 4 is 10.9 Å². The highest BCUT2D eigenvalue weighted by molar-refractivity contribution is 5.79. The lowest BCUT2D eigenvalue weighted by atomic mass is 9.98. The predicted octanol–water partition coefficient (Wildman–Crippen LogP) is 3.33. The normalized spacial score (nSPS) is 12.6. The van der Waals surface area contributed by atoms with Crippen LogP contribution in [0.5, 0.6) is 0 Å². The molecule has 100 valence electrons. The van der Waals surface area contributed by atoms with Crippen molar-refractivity contribution in [3.05, 3.63) is 71.2 Å². The van der Waals surface area contributed by atoms with E-state index in [4.69, 9.17) is 0 Å². The van der Waals surface area contributed by atoms with Crippen LogP contribution >= 0.6 is 0 Å². The number of aliphatic hydroxyl groups is 1. The quantitative estimate of drug-likeness (QED) is 0.772. The van der Waals surface area contributed by atoms with Crippen molar-refractivity contribution in [3.8, 4) is 0 Å². The number of rotatable bonds is 2. The summed E-state index contributed by atoms with van der Waals surface area (Å²) in [6, 6.07) is 11.8. The molecule has 1 unspecified atom stereocenters. The summed E-state index contributed by atoms with van der Waals surface area (Å²) in [6.07, 6.45) is 2.80. The van der Waals surface area contributed by atoms with E-state index >= 15 is 0 Å². The minimum Gasteiger partial charge on any atom is -0.384 e. The Balaban J connectivity index is 2.06. The third-order valence-electron chi connectivity index (χ3n) is 3.54. The molecule has 0 radical (unpaired) electrons. The van der Waals surface area contributed by atoms with Crippen molar-refractivity contribution in [2.75, 3.05) is 0 Å². The Kier molecular flexibility index (Phi) is 3.20. The zero-order valence-corrected chi connectivity index (χ0v) is 11.5. The molecule has 1 atom stereocenters. The van der Waals surface area contributed by atoms with Gasteiger partial charge in [0.1, 0.15) is 6.10 Å². The number of fused-ring (bicyclic) bond motifs is 1. The van der Waals surface area contributed by atoms with Gasteiger partial charge in [0.2, 0.25) is 0 Å². The monoisotopic (exact) mass is 264 g/mol. The second kappa shape index (κ2) is 5.02. The molecule has 3 heteroatoms. The first-order valence-electron chi connectivity index (χ1n) is 6.61. The Labute approximate surface area is 117 Å². The number of aryl methyl sites for hydroxylation is 2. The molecule has 1 aromatic carbocycles. The molecule has 0 fully saturated rings. The SMILES string of the molecule is Cc1ccc2cc(C(O)c3cnccc3C)ccc2n1. The number of aliphatic hydroxyl groups excluding tert-OH is 1. The summed E-state index contributed by atoms with van der Waals surface area (Å²) in [5.41, 5.74) is 4.68. The van der Waals surface area contributed by atoms with Gasteiger partial charge in [-0.25, -0.2) is 0 Å². The molecule has 3 aromatic rings. The highest BCUT2D eigenvalue weighted by Crippen LogP contribution is 2.26. The van der Waals surface area contributed by atoms with E-state index in [0.29, 0.717) is 0 Å². The Hall–Kier alpha value is -2.26. The molecule has 0 amide bonds. The Bertz CT molecular complexity index is 768. The predicted molar refractivity (Wildman–Crippen MR) is 79.5 cm³/mol. The van der Waals surface area contributed by atoms with Crippen LogP contribution in [-0.2, 0) is 0 Å². The number of hydrogen-bond donors (Lipinski definition) is 1. The van der Waals surface area contributed by atoms with Crippen molar-refractivity contribution in [2.24, 2.45) is 0 Å². The Morgan fingerprint density at radius 2 is 1.90 bits per heavy atom. The molecule has 2 heterocycles. The van der Waals surface area contributed by atoms with Crippen LogP contribution in [0.4, 0.5) is 0 Å². The van der Waals surface area contributed by atoms with E-state index < -0.39 is 6.10 Å². The molecule has 20 heavy (non-hydrogen) atoms. The maximum atomic E-state index is 10.5. The van der Waals surface area contributed by atoms with E-state index in [1.54, 1.807) is 12.4 Å². The molecule has 2 aromatic heterocycles. The van der Waals surface area contributed by atoms with Crippen LogP contribution in [0.2, 0.25) is 0 Å². The maximum absolute atomic E-state index is 10.5. The molecule has 0 aliphatic heterocycles. The molecule has 1 N–H and O–H groups in total. The van der Waals surface area contributed by atoms with E-state index in [2.05, 4.69) is 9.97 Å². The van der Waals surface area contributed by atoms with Gasteiger partial charge in [-0.2, -0.15) is 0 Å². The second-order valence-corrected chi connectivity index (χ2v) is 5.04. The highest BCUT2D eigenvalue weighted by atomic mass is 16.3. The van der Waals surface area contributed by atoms with Crippen molar-refractivity contribution in [1.82, 2.24) is 9.97 Å². The summed E-state index contributed by atoms with van der Waals surface area (Å²) in [6.45, 7) is 3.95. The first-order valence-corrected chi connectivity index (χ1v) is 6.61. The Morgan fingerprint density at radius 3 is 2.70 bits per heavy atom. The van der Waals surface area contributed by atoms with Crippen LogP contribution in [0.15, 0.2) is 48.8 Å². The van der Waals surface area contributed by atoms with Gasteiger partial charge < -0.3 is 5.11 Å². The van der Waals surface area contributed by atoms with Gasteiger partial charge in [-0.15, -0.1) is 0 Å². The average molecular weight is 264 g/mol. The highest BCUT2D eigenvalue weighted by Gasteiger charge is 2.13. The first kappa shape index (κ1) is 12.8. The topological polar surface area (TPSA) is 46.0 Å². The van der Waals surface area contributed by atoms with Crippen LogP contribution < -0.4 is 0 Å². The standard InChI is InChI=1S/C17H16N2O/c1-11-7-8-18-10-15(11)17(20)14-5-6-16-13(9-14)4-3-12(2)19-16/h3-10,17,20H,1-2H3. The van der Waals surface area contributed by atoms with Crippen LogP contribution in [0, 0.1) is 13.8 Å². The molecule has 0 saturated heterocycles. The molecule has 0 aliphatic carbocycles. The van der Waals surface area contributed by atoms with E-state index in [9.17, 15) is 5.11 Å². The summed E-state index contributed by atoms with van der Waals surface area (Å²) in [5, 5.41) is 11.6. The van der Waals surface area contributed by atoms with E-state index in [-0.39, 0.29) is 0 Å². The van der Waals surface area contributed by atoms with E-state index in [1.165, 1.54) is 0 Å². The second-order valence-electron chi connectivity index (χ2n) is 5.04. The zero-order valence-electron chi connectivity index (χ0n) is 11.5. The average Bonchev–Trinajstić information content (AvgIpc) is 2.46. The summed E-state index contributed by atoms with van der Waals surface area (Å²) in [7, 11) is 0.